The molecule has 0 aliphatic carbocycles. The lowest BCUT2D eigenvalue weighted by Crippen LogP contribution is -2.36. The van der Waals surface area contributed by atoms with E-state index < -0.39 is 0 Å². The van der Waals surface area contributed by atoms with Crippen molar-refractivity contribution in [2.24, 2.45) is 5.92 Å². The first-order chi connectivity index (χ1) is 6.77. The fourth-order valence-electron chi connectivity index (χ4n) is 1.72. The molecule has 1 atom stereocenters. The largest absolute Gasteiger partial charge is 0.368 e. The van der Waals surface area contributed by atoms with Gasteiger partial charge in [0.25, 0.3) is 0 Å². The van der Waals surface area contributed by atoms with Crippen molar-refractivity contribution in [1.29, 1.82) is 0 Å². The molecule has 1 aliphatic rings. The highest BCUT2D eigenvalue weighted by Gasteiger charge is 2.23. The summed E-state index contributed by atoms with van der Waals surface area (Å²) in [6.07, 6.45) is 3.98. The zero-order valence-corrected chi connectivity index (χ0v) is 9.21. The molecule has 0 aromatic rings. The van der Waals surface area contributed by atoms with Crippen molar-refractivity contribution in [2.45, 2.75) is 45.6 Å². The van der Waals surface area contributed by atoms with Crippen molar-refractivity contribution in [2.75, 3.05) is 13.2 Å². The molecule has 0 saturated carbocycles. The van der Waals surface area contributed by atoms with Crippen molar-refractivity contribution < 1.29 is 9.53 Å². The maximum Gasteiger partial charge on any atom is 0.249 e. The molecule has 0 radical (unpaired) electrons. The molecule has 3 nitrogen and oxygen atoms in total. The van der Waals surface area contributed by atoms with Gasteiger partial charge in [-0.15, -0.1) is 0 Å². The van der Waals surface area contributed by atoms with Crippen molar-refractivity contribution >= 4 is 5.91 Å². The maximum absolute atomic E-state index is 11.5. The molecule has 0 unspecified atom stereocenters. The van der Waals surface area contributed by atoms with E-state index in [1.165, 1.54) is 0 Å². The molecule has 3 heteroatoms. The zero-order chi connectivity index (χ0) is 10.4. The summed E-state index contributed by atoms with van der Waals surface area (Å²) in [5.41, 5.74) is 0. The number of nitrogens with one attached hydrogen (secondary N) is 1. The minimum atomic E-state index is -0.177. The van der Waals surface area contributed by atoms with Crippen LogP contribution in [0.5, 0.6) is 0 Å². The Morgan fingerprint density at radius 3 is 2.71 bits per heavy atom. The van der Waals surface area contributed by atoms with Gasteiger partial charge in [0, 0.05) is 13.2 Å². The topological polar surface area (TPSA) is 38.3 Å². The zero-order valence-electron chi connectivity index (χ0n) is 9.21. The fourth-order valence-corrected chi connectivity index (χ4v) is 1.72. The maximum atomic E-state index is 11.5. The lowest BCUT2D eigenvalue weighted by Gasteiger charge is -2.15. The van der Waals surface area contributed by atoms with Gasteiger partial charge in [-0.1, -0.05) is 26.7 Å². The minimum Gasteiger partial charge on any atom is -0.368 e. The van der Waals surface area contributed by atoms with Crippen LogP contribution in [0.25, 0.3) is 0 Å². The number of ether oxygens (including phenoxy) is 1. The van der Waals surface area contributed by atoms with Gasteiger partial charge in [-0.25, -0.2) is 0 Å². The van der Waals surface area contributed by atoms with Crippen LogP contribution in [-0.4, -0.2) is 25.2 Å². The van der Waals surface area contributed by atoms with E-state index in [0.29, 0.717) is 5.92 Å². The van der Waals surface area contributed by atoms with Crippen LogP contribution in [0.15, 0.2) is 0 Å². The molecule has 82 valence electrons. The average Bonchev–Trinajstić information content (AvgIpc) is 2.72. The van der Waals surface area contributed by atoms with Crippen molar-refractivity contribution in [1.82, 2.24) is 5.32 Å². The number of carbonyl (C=O) groups excluding carboxylic acids is 1. The van der Waals surface area contributed by atoms with E-state index >= 15 is 0 Å². The van der Waals surface area contributed by atoms with Crippen LogP contribution in [0.3, 0.4) is 0 Å². The van der Waals surface area contributed by atoms with Crippen LogP contribution in [-0.2, 0) is 9.53 Å². The molecular weight excluding hydrogens is 178 g/mol. The lowest BCUT2D eigenvalue weighted by atomic mass is 10.0. The Morgan fingerprint density at radius 2 is 2.21 bits per heavy atom. The van der Waals surface area contributed by atoms with Gasteiger partial charge in [-0.2, -0.15) is 0 Å². The Bertz CT molecular complexity index is 172. The average molecular weight is 199 g/mol. The van der Waals surface area contributed by atoms with Crippen LogP contribution in [0.1, 0.15) is 39.5 Å². The number of amides is 1. The Morgan fingerprint density at radius 1 is 1.50 bits per heavy atom. The van der Waals surface area contributed by atoms with Gasteiger partial charge in [0.1, 0.15) is 6.10 Å². The van der Waals surface area contributed by atoms with Gasteiger partial charge in [0.05, 0.1) is 0 Å². The molecule has 14 heavy (non-hydrogen) atoms. The van der Waals surface area contributed by atoms with Crippen molar-refractivity contribution in [3.8, 4) is 0 Å². The predicted molar refractivity (Wildman–Crippen MR) is 56.1 cm³/mol. The molecule has 1 N–H and O–H groups in total. The molecule has 0 spiro atoms. The standard InChI is InChI=1S/C11H21NO2/c1-3-9(4-2)8-12-11(13)10-6-5-7-14-10/h9-10H,3-8H2,1-2H3,(H,12,13)/t10-/m1/s1. The highest BCUT2D eigenvalue weighted by atomic mass is 16.5. The highest BCUT2D eigenvalue weighted by molar-refractivity contribution is 5.80. The summed E-state index contributed by atoms with van der Waals surface area (Å²) >= 11 is 0. The van der Waals surface area contributed by atoms with Crippen molar-refractivity contribution in [3.63, 3.8) is 0 Å². The Balaban J connectivity index is 2.19. The quantitative estimate of drug-likeness (QED) is 0.732. The molecule has 1 fully saturated rings. The van der Waals surface area contributed by atoms with Gasteiger partial charge < -0.3 is 10.1 Å². The van der Waals surface area contributed by atoms with Crippen LogP contribution in [0.2, 0.25) is 0 Å². The molecule has 1 saturated heterocycles. The fraction of sp³-hybridized carbons (Fsp3) is 0.909. The molecule has 1 rings (SSSR count). The van der Waals surface area contributed by atoms with Gasteiger partial charge in [0.2, 0.25) is 5.91 Å². The summed E-state index contributed by atoms with van der Waals surface area (Å²) in [7, 11) is 0. The Labute approximate surface area is 86.2 Å². The minimum absolute atomic E-state index is 0.0781. The Kier molecular flexibility index (Phi) is 4.94. The number of hydrogen-bond donors (Lipinski definition) is 1. The molecule has 0 bridgehead atoms. The number of hydrogen-bond acceptors (Lipinski definition) is 2. The lowest BCUT2D eigenvalue weighted by molar-refractivity contribution is -0.130. The second kappa shape index (κ2) is 6.02. The van der Waals surface area contributed by atoms with E-state index in [9.17, 15) is 4.79 Å². The third-order valence-corrected chi connectivity index (χ3v) is 2.94. The van der Waals surface area contributed by atoms with Gasteiger partial charge in [-0.3, -0.25) is 4.79 Å². The second-order valence-corrected chi connectivity index (χ2v) is 3.93. The number of carbonyl (C=O) groups is 1. The normalized spacial score (nSPS) is 21.5. The highest BCUT2D eigenvalue weighted by Crippen LogP contribution is 2.12. The van der Waals surface area contributed by atoms with Gasteiger partial charge in [0.15, 0.2) is 0 Å². The SMILES string of the molecule is CCC(CC)CNC(=O)[C@H]1CCCO1. The van der Waals surface area contributed by atoms with Gasteiger partial charge >= 0.3 is 0 Å². The summed E-state index contributed by atoms with van der Waals surface area (Å²) in [4.78, 5) is 11.5. The van der Waals surface area contributed by atoms with Crippen molar-refractivity contribution in [3.05, 3.63) is 0 Å². The second-order valence-electron chi connectivity index (χ2n) is 3.93. The van der Waals surface area contributed by atoms with Crippen LogP contribution < -0.4 is 5.32 Å². The smallest absolute Gasteiger partial charge is 0.249 e. The van der Waals surface area contributed by atoms with E-state index in [1.807, 2.05) is 0 Å². The van der Waals surface area contributed by atoms with E-state index in [-0.39, 0.29) is 12.0 Å². The van der Waals surface area contributed by atoms with E-state index in [4.69, 9.17) is 4.74 Å². The summed E-state index contributed by atoms with van der Waals surface area (Å²) in [5, 5.41) is 2.96. The van der Waals surface area contributed by atoms with E-state index in [2.05, 4.69) is 19.2 Å². The molecule has 0 aromatic carbocycles. The summed E-state index contributed by atoms with van der Waals surface area (Å²) < 4.78 is 5.30. The first-order valence-electron chi connectivity index (χ1n) is 5.67. The summed E-state index contributed by atoms with van der Waals surface area (Å²) in [5.74, 6) is 0.690. The monoisotopic (exact) mass is 199 g/mol. The van der Waals surface area contributed by atoms with E-state index in [0.717, 1.165) is 38.8 Å². The van der Waals surface area contributed by atoms with Gasteiger partial charge in [-0.05, 0) is 18.8 Å². The molecule has 1 aliphatic heterocycles. The predicted octanol–water partition coefficient (Wildman–Crippen LogP) is 1.72. The third kappa shape index (κ3) is 3.29. The summed E-state index contributed by atoms with van der Waals surface area (Å²) in [6.45, 7) is 5.85. The number of rotatable bonds is 5. The molecule has 1 amide bonds. The third-order valence-electron chi connectivity index (χ3n) is 2.94. The van der Waals surface area contributed by atoms with Crippen LogP contribution in [0, 0.1) is 5.92 Å². The molecule has 1 heterocycles. The van der Waals surface area contributed by atoms with Crippen LogP contribution >= 0.6 is 0 Å². The van der Waals surface area contributed by atoms with E-state index in [1.54, 1.807) is 0 Å². The van der Waals surface area contributed by atoms with Crippen LogP contribution in [0.4, 0.5) is 0 Å². The first-order valence-corrected chi connectivity index (χ1v) is 5.67. The molecular formula is C11H21NO2. The molecule has 0 aromatic heterocycles. The summed E-state index contributed by atoms with van der Waals surface area (Å²) in [6, 6.07) is 0. The Hall–Kier alpha value is -0.570. The first kappa shape index (κ1) is 11.5.